The Balaban J connectivity index is 1.61. The zero-order valence-electron chi connectivity index (χ0n) is 13.6. The molecule has 0 saturated heterocycles. The van der Waals surface area contributed by atoms with E-state index < -0.39 is 0 Å². The second-order valence-corrected chi connectivity index (χ2v) is 5.85. The summed E-state index contributed by atoms with van der Waals surface area (Å²) in [4.78, 5) is 10.1. The van der Waals surface area contributed by atoms with Gasteiger partial charge in [0, 0.05) is 12.5 Å². The van der Waals surface area contributed by atoms with Crippen LogP contribution in [0.3, 0.4) is 0 Å². The van der Waals surface area contributed by atoms with Crippen LogP contribution in [0.2, 0.25) is 0 Å². The molecule has 0 radical (unpaired) electrons. The first-order valence-electron chi connectivity index (χ1n) is 8.24. The van der Waals surface area contributed by atoms with Gasteiger partial charge in [0.2, 0.25) is 0 Å². The molecule has 0 saturated carbocycles. The Morgan fingerprint density at radius 1 is 1.12 bits per heavy atom. The molecule has 3 heteroatoms. The van der Waals surface area contributed by atoms with Gasteiger partial charge in [-0.05, 0) is 47.8 Å². The highest BCUT2D eigenvalue weighted by molar-refractivity contribution is 5.78. The molecule has 0 spiro atoms. The molecule has 0 atom stereocenters. The van der Waals surface area contributed by atoms with Crippen molar-refractivity contribution in [2.45, 2.75) is 18.8 Å². The predicted molar refractivity (Wildman–Crippen MR) is 96.3 cm³/mol. The van der Waals surface area contributed by atoms with Crippen LogP contribution in [-0.2, 0) is 9.53 Å². The van der Waals surface area contributed by atoms with Crippen molar-refractivity contribution in [1.29, 1.82) is 0 Å². The van der Waals surface area contributed by atoms with Crippen LogP contribution < -0.4 is 5.32 Å². The summed E-state index contributed by atoms with van der Waals surface area (Å²) in [5.41, 5.74) is 5.20. The lowest BCUT2D eigenvalue weighted by atomic mass is 9.98. The van der Waals surface area contributed by atoms with Crippen LogP contribution in [0.5, 0.6) is 0 Å². The third-order valence-corrected chi connectivity index (χ3v) is 4.32. The number of allylic oxidation sites excluding steroid dienone is 1. The van der Waals surface area contributed by atoms with Gasteiger partial charge in [-0.2, -0.15) is 0 Å². The quantitative estimate of drug-likeness (QED) is 0.453. The molecule has 2 aromatic rings. The topological polar surface area (TPSA) is 38.3 Å². The third kappa shape index (κ3) is 3.42. The van der Waals surface area contributed by atoms with E-state index in [1.807, 2.05) is 0 Å². The lowest BCUT2D eigenvalue weighted by molar-refractivity contribution is 0.184. The molecule has 1 N–H and O–H groups in total. The van der Waals surface area contributed by atoms with Gasteiger partial charge in [0.25, 0.3) is 0 Å². The number of benzene rings is 2. The maximum Gasteiger partial charge on any atom is 0.179 e. The monoisotopic (exact) mass is 319 g/mol. The van der Waals surface area contributed by atoms with E-state index in [-0.39, 0.29) is 5.92 Å². The first-order valence-corrected chi connectivity index (χ1v) is 8.24. The number of carbonyl (C=O) groups excluding carboxylic acids is 1. The van der Waals surface area contributed by atoms with Gasteiger partial charge in [-0.3, -0.25) is 0 Å². The average Bonchev–Trinajstić information content (AvgIpc) is 2.94. The summed E-state index contributed by atoms with van der Waals surface area (Å²) in [6.07, 6.45) is 3.07. The van der Waals surface area contributed by atoms with Crippen LogP contribution in [0, 0.1) is 0 Å². The fourth-order valence-corrected chi connectivity index (χ4v) is 3.17. The number of hydrogen-bond donors (Lipinski definition) is 1. The highest BCUT2D eigenvalue weighted by atomic mass is 16.5. The second kappa shape index (κ2) is 7.67. The lowest BCUT2D eigenvalue weighted by Crippen LogP contribution is -2.18. The summed E-state index contributed by atoms with van der Waals surface area (Å²) < 4.78 is 5.85. The fourth-order valence-electron chi connectivity index (χ4n) is 3.17. The van der Waals surface area contributed by atoms with Gasteiger partial charge in [-0.25, -0.2) is 4.79 Å². The minimum atomic E-state index is 0.231. The molecule has 0 heterocycles. The van der Waals surface area contributed by atoms with Gasteiger partial charge in [-0.15, -0.1) is 0 Å². The van der Waals surface area contributed by atoms with Crippen LogP contribution in [0.1, 0.15) is 29.9 Å². The Bertz CT molecular complexity index is 729. The number of ether oxygens (including phenoxy) is 1. The number of rotatable bonds is 8. The first kappa shape index (κ1) is 16.1. The third-order valence-electron chi connectivity index (χ3n) is 4.32. The van der Waals surface area contributed by atoms with Crippen molar-refractivity contribution >= 4 is 5.94 Å². The number of hydrogen-bond acceptors (Lipinski definition) is 3. The van der Waals surface area contributed by atoms with Crippen LogP contribution in [0.25, 0.3) is 11.1 Å². The Morgan fingerprint density at radius 2 is 1.75 bits per heavy atom. The Morgan fingerprint density at radius 3 is 2.38 bits per heavy atom. The number of fused-ring (bicyclic) bond motifs is 3. The summed E-state index contributed by atoms with van der Waals surface area (Å²) in [5, 5.41) is 3.15. The van der Waals surface area contributed by atoms with E-state index in [9.17, 15) is 4.79 Å². The molecule has 0 aliphatic heterocycles. The zero-order chi connectivity index (χ0) is 16.8. The van der Waals surface area contributed by atoms with Crippen molar-refractivity contribution in [2.75, 3.05) is 13.2 Å². The van der Waals surface area contributed by atoms with Gasteiger partial charge in [0.05, 0.1) is 0 Å². The molecule has 0 bridgehead atoms. The van der Waals surface area contributed by atoms with E-state index in [0.29, 0.717) is 18.9 Å². The van der Waals surface area contributed by atoms with Crippen molar-refractivity contribution in [3.05, 3.63) is 78.2 Å². The van der Waals surface area contributed by atoms with Crippen LogP contribution in [-0.4, -0.2) is 19.1 Å². The highest BCUT2D eigenvalue weighted by Crippen LogP contribution is 2.44. The molecule has 3 rings (SSSR count). The maximum atomic E-state index is 10.1. The number of nitrogens with one attached hydrogen (secondary N) is 1. The van der Waals surface area contributed by atoms with Crippen molar-refractivity contribution in [3.8, 4) is 11.1 Å². The predicted octanol–water partition coefficient (Wildman–Crippen LogP) is 4.04. The summed E-state index contributed by atoms with van der Waals surface area (Å²) in [5.74, 6) is 2.59. The van der Waals surface area contributed by atoms with Crippen LogP contribution in [0.15, 0.2) is 67.1 Å². The standard InChI is InChI=1S/C21H21NO2/c1-16(22-13-7-2-8-14-23)24-15-21-19-11-5-3-9-17(19)18-10-4-6-12-20(18)21/h3-6,8-12,21-22H,1-2,7,13,15H2. The van der Waals surface area contributed by atoms with Crippen LogP contribution >= 0.6 is 0 Å². The van der Waals surface area contributed by atoms with E-state index in [0.717, 1.165) is 13.0 Å². The number of unbranched alkanes of at least 4 members (excludes halogenated alkanes) is 1. The largest absolute Gasteiger partial charge is 0.479 e. The maximum absolute atomic E-state index is 10.1. The smallest absolute Gasteiger partial charge is 0.179 e. The van der Waals surface area contributed by atoms with E-state index >= 15 is 0 Å². The van der Waals surface area contributed by atoms with Gasteiger partial charge in [0.15, 0.2) is 5.88 Å². The Hall–Kier alpha value is -2.77. The van der Waals surface area contributed by atoms with E-state index in [2.05, 4.69) is 60.4 Å². The van der Waals surface area contributed by atoms with E-state index in [1.165, 1.54) is 28.3 Å². The normalized spacial score (nSPS) is 12.0. The van der Waals surface area contributed by atoms with Gasteiger partial charge < -0.3 is 10.1 Å². The van der Waals surface area contributed by atoms with Crippen molar-refractivity contribution < 1.29 is 9.53 Å². The summed E-state index contributed by atoms with van der Waals surface area (Å²) in [6.45, 7) is 5.22. The molecule has 24 heavy (non-hydrogen) atoms. The molecular weight excluding hydrogens is 298 g/mol. The molecule has 3 nitrogen and oxygen atoms in total. The summed E-state index contributed by atoms with van der Waals surface area (Å²) in [6, 6.07) is 17.0. The van der Waals surface area contributed by atoms with E-state index in [1.54, 1.807) is 5.94 Å². The first-order chi connectivity index (χ1) is 11.8. The average molecular weight is 319 g/mol. The lowest BCUT2D eigenvalue weighted by Gasteiger charge is -2.17. The summed E-state index contributed by atoms with van der Waals surface area (Å²) >= 11 is 0. The Kier molecular flexibility index (Phi) is 5.15. The Labute approximate surface area is 142 Å². The highest BCUT2D eigenvalue weighted by Gasteiger charge is 2.28. The molecule has 1 aliphatic rings. The summed E-state index contributed by atoms with van der Waals surface area (Å²) in [7, 11) is 0. The molecule has 1 aliphatic carbocycles. The van der Waals surface area contributed by atoms with Crippen molar-refractivity contribution in [3.63, 3.8) is 0 Å². The van der Waals surface area contributed by atoms with E-state index in [4.69, 9.17) is 4.74 Å². The molecule has 0 fully saturated rings. The molecule has 2 aromatic carbocycles. The van der Waals surface area contributed by atoms with Crippen molar-refractivity contribution in [1.82, 2.24) is 5.32 Å². The van der Waals surface area contributed by atoms with Gasteiger partial charge in [-0.1, -0.05) is 48.5 Å². The molecule has 122 valence electrons. The molecular formula is C21H21NO2. The van der Waals surface area contributed by atoms with Crippen LogP contribution in [0.4, 0.5) is 0 Å². The fraction of sp³-hybridized carbons (Fsp3) is 0.238. The SMILES string of the molecule is C=C(NCCCC=C=O)OCC1c2ccccc2-c2ccccc21. The second-order valence-electron chi connectivity index (χ2n) is 5.85. The molecule has 0 aromatic heterocycles. The minimum absolute atomic E-state index is 0.231. The zero-order valence-corrected chi connectivity index (χ0v) is 13.6. The van der Waals surface area contributed by atoms with Gasteiger partial charge >= 0.3 is 0 Å². The molecule has 0 unspecified atom stereocenters. The minimum Gasteiger partial charge on any atom is -0.479 e. The molecule has 0 amide bonds. The van der Waals surface area contributed by atoms with Gasteiger partial charge in [0.1, 0.15) is 12.5 Å². The van der Waals surface area contributed by atoms with Crippen molar-refractivity contribution in [2.24, 2.45) is 0 Å².